The Morgan fingerprint density at radius 1 is 1.30 bits per heavy atom. The third kappa shape index (κ3) is 2.01. The molecule has 3 rings (SSSR count). The first kappa shape index (κ1) is 13.5. The van der Waals surface area contributed by atoms with Gasteiger partial charge in [0.1, 0.15) is 23.7 Å². The van der Waals surface area contributed by atoms with E-state index >= 15 is 0 Å². The zero-order chi connectivity index (χ0) is 14.3. The maximum atomic E-state index is 10.1. The van der Waals surface area contributed by atoms with Crippen molar-refractivity contribution in [1.82, 2.24) is 9.55 Å². The Balaban J connectivity index is 1.94. The molecule has 20 heavy (non-hydrogen) atoms. The maximum Gasteiger partial charge on any atom is 0.137 e. The van der Waals surface area contributed by atoms with Gasteiger partial charge in [-0.3, -0.25) is 4.99 Å². The van der Waals surface area contributed by atoms with Crippen LogP contribution in [-0.2, 0) is 0 Å². The summed E-state index contributed by atoms with van der Waals surface area (Å²) in [6.45, 7) is 0.0508. The molecule has 0 aromatic carbocycles. The molecule has 0 amide bonds. The molecule has 2 unspecified atom stereocenters. The van der Waals surface area contributed by atoms with Crippen LogP contribution in [0.15, 0.2) is 11.3 Å². The molecule has 1 aromatic heterocycles. The van der Waals surface area contributed by atoms with Gasteiger partial charge in [-0.1, -0.05) is 0 Å². The lowest BCUT2D eigenvalue weighted by molar-refractivity contribution is -0.00386. The molecule has 2 aliphatic rings. The Morgan fingerprint density at radius 3 is 2.80 bits per heavy atom. The molecule has 5 N–H and O–H groups in total. The molecular weight excluding hydrogens is 264 g/mol. The number of hydrogen-bond donors (Lipinski definition) is 5. The van der Waals surface area contributed by atoms with Crippen molar-refractivity contribution in [3.63, 3.8) is 0 Å². The van der Waals surface area contributed by atoms with Crippen molar-refractivity contribution in [2.75, 3.05) is 18.5 Å². The van der Waals surface area contributed by atoms with Crippen molar-refractivity contribution in [2.24, 2.45) is 10.9 Å². The van der Waals surface area contributed by atoms with Gasteiger partial charge in [-0.05, 0) is 6.42 Å². The highest BCUT2D eigenvalue weighted by Gasteiger charge is 2.43. The van der Waals surface area contributed by atoms with Crippen molar-refractivity contribution < 1.29 is 20.4 Å². The van der Waals surface area contributed by atoms with Crippen molar-refractivity contribution in [2.45, 2.75) is 30.8 Å². The van der Waals surface area contributed by atoms with Crippen molar-refractivity contribution in [3.05, 3.63) is 12.0 Å². The Bertz CT molecular complexity index is 518. The Hall–Kier alpha value is -1.48. The monoisotopic (exact) mass is 282 g/mol. The van der Waals surface area contributed by atoms with Gasteiger partial charge in [0.15, 0.2) is 0 Å². The zero-order valence-electron chi connectivity index (χ0n) is 10.8. The van der Waals surface area contributed by atoms with Gasteiger partial charge in [0.25, 0.3) is 0 Å². The molecule has 0 bridgehead atoms. The predicted molar refractivity (Wildman–Crippen MR) is 70.4 cm³/mol. The molecule has 0 radical (unpaired) electrons. The van der Waals surface area contributed by atoms with Gasteiger partial charge in [0, 0.05) is 12.5 Å². The standard InChI is InChI=1S/C12H18N4O4/c17-3-6-1-7(11(20)10(6)19)16-5-15-9-8(18)2-13-4-14-12(9)16/h4-8,10-11,17-20H,1-3H2,(H,13,14)/t6-,7-,8-,10?,11?/m1/s1. The van der Waals surface area contributed by atoms with E-state index in [-0.39, 0.29) is 19.1 Å². The lowest BCUT2D eigenvalue weighted by atomic mass is 10.1. The van der Waals surface area contributed by atoms with E-state index in [1.165, 1.54) is 12.7 Å². The van der Waals surface area contributed by atoms with Crippen molar-refractivity contribution in [1.29, 1.82) is 0 Å². The summed E-state index contributed by atoms with van der Waals surface area (Å²) in [6.07, 6.45) is 0.706. The summed E-state index contributed by atoms with van der Waals surface area (Å²) in [5.41, 5.74) is 0.469. The normalized spacial score (nSPS) is 36.5. The number of aromatic nitrogens is 2. The highest BCUT2D eigenvalue weighted by molar-refractivity contribution is 5.76. The lowest BCUT2D eigenvalue weighted by Gasteiger charge is -2.20. The summed E-state index contributed by atoms with van der Waals surface area (Å²) < 4.78 is 1.69. The summed E-state index contributed by atoms with van der Waals surface area (Å²) >= 11 is 0. The minimum atomic E-state index is -0.982. The summed E-state index contributed by atoms with van der Waals surface area (Å²) in [6, 6.07) is -0.399. The van der Waals surface area contributed by atoms with Crippen LogP contribution in [0.3, 0.4) is 0 Å². The number of hydrogen-bond acceptors (Lipinski definition) is 7. The minimum Gasteiger partial charge on any atom is -0.396 e. The second kappa shape index (κ2) is 5.13. The third-order valence-corrected chi connectivity index (χ3v) is 4.07. The second-order valence-electron chi connectivity index (χ2n) is 5.27. The van der Waals surface area contributed by atoms with Gasteiger partial charge >= 0.3 is 0 Å². The summed E-state index contributed by atoms with van der Waals surface area (Å²) in [5.74, 6) is 0.200. The van der Waals surface area contributed by atoms with Gasteiger partial charge in [-0.2, -0.15) is 0 Å². The second-order valence-corrected chi connectivity index (χ2v) is 5.27. The number of nitrogens with zero attached hydrogens (tertiary/aromatic N) is 3. The van der Waals surface area contributed by atoms with E-state index in [1.807, 2.05) is 0 Å². The van der Waals surface area contributed by atoms with Crippen molar-refractivity contribution >= 4 is 12.2 Å². The van der Waals surface area contributed by atoms with Crippen LogP contribution in [0.5, 0.6) is 0 Å². The number of nitrogens with one attached hydrogen (secondary N) is 1. The van der Waals surface area contributed by atoms with E-state index in [9.17, 15) is 20.4 Å². The van der Waals surface area contributed by atoms with E-state index in [0.29, 0.717) is 17.9 Å². The van der Waals surface area contributed by atoms with E-state index in [4.69, 9.17) is 0 Å². The third-order valence-electron chi connectivity index (χ3n) is 4.07. The largest absolute Gasteiger partial charge is 0.396 e. The molecule has 0 spiro atoms. The average molecular weight is 282 g/mol. The fourth-order valence-corrected chi connectivity index (χ4v) is 2.92. The minimum absolute atomic E-state index is 0.177. The average Bonchev–Trinajstić information content (AvgIpc) is 2.92. The van der Waals surface area contributed by atoms with Crippen LogP contribution in [0, 0.1) is 5.92 Å². The quantitative estimate of drug-likeness (QED) is 0.457. The Morgan fingerprint density at radius 2 is 2.10 bits per heavy atom. The molecule has 1 aliphatic heterocycles. The summed E-state index contributed by atoms with van der Waals surface area (Å²) in [7, 11) is 0. The first-order chi connectivity index (χ1) is 9.63. The summed E-state index contributed by atoms with van der Waals surface area (Å²) in [4.78, 5) is 8.15. The number of aliphatic hydroxyl groups excluding tert-OH is 4. The molecule has 110 valence electrons. The van der Waals surface area contributed by atoms with Crippen molar-refractivity contribution in [3.8, 4) is 0 Å². The fraction of sp³-hybridized carbons (Fsp3) is 0.667. The van der Waals surface area contributed by atoms with Crippen LogP contribution in [0.25, 0.3) is 0 Å². The number of aliphatic imine (C=N–C) groups is 1. The first-order valence-electron chi connectivity index (χ1n) is 6.60. The predicted octanol–water partition coefficient (Wildman–Crippen LogP) is -1.35. The molecule has 1 fully saturated rings. The van der Waals surface area contributed by atoms with E-state index in [1.54, 1.807) is 4.57 Å². The molecule has 2 heterocycles. The number of rotatable bonds is 2. The molecule has 1 aromatic rings. The Labute approximate surface area is 115 Å². The molecule has 0 saturated heterocycles. The first-order valence-corrected chi connectivity index (χ1v) is 6.60. The molecular formula is C12H18N4O4. The maximum absolute atomic E-state index is 10.1. The molecule has 8 nitrogen and oxygen atoms in total. The molecule has 8 heteroatoms. The number of fused-ring (bicyclic) bond motifs is 1. The van der Waals surface area contributed by atoms with E-state index in [0.717, 1.165) is 0 Å². The SMILES string of the molecule is OC[C@H]1C[C@@H](n2cnc3c2NC=NC[C@H]3O)C(O)C1O. The smallest absolute Gasteiger partial charge is 0.137 e. The molecule has 5 atom stereocenters. The topological polar surface area (TPSA) is 123 Å². The van der Waals surface area contributed by atoms with Crippen LogP contribution in [0.4, 0.5) is 5.82 Å². The van der Waals surface area contributed by atoms with Gasteiger partial charge in [0.05, 0.1) is 31.4 Å². The summed E-state index contributed by atoms with van der Waals surface area (Å²) in [5, 5.41) is 42.1. The number of imidazole rings is 1. The number of aliphatic hydroxyl groups is 4. The van der Waals surface area contributed by atoms with Gasteiger partial charge < -0.3 is 30.3 Å². The highest BCUT2D eigenvalue weighted by atomic mass is 16.3. The van der Waals surface area contributed by atoms with Gasteiger partial charge in [-0.25, -0.2) is 4.98 Å². The molecule has 1 saturated carbocycles. The van der Waals surface area contributed by atoms with Crippen LogP contribution < -0.4 is 5.32 Å². The lowest BCUT2D eigenvalue weighted by Crippen LogP contribution is -2.30. The van der Waals surface area contributed by atoms with Crippen LogP contribution in [-0.4, -0.2) is 61.7 Å². The van der Waals surface area contributed by atoms with Gasteiger partial charge in [0.2, 0.25) is 0 Å². The zero-order valence-corrected chi connectivity index (χ0v) is 10.8. The van der Waals surface area contributed by atoms with Gasteiger partial charge in [-0.15, -0.1) is 0 Å². The van der Waals surface area contributed by atoms with Crippen LogP contribution >= 0.6 is 0 Å². The van der Waals surface area contributed by atoms with Crippen LogP contribution in [0.1, 0.15) is 24.3 Å². The van der Waals surface area contributed by atoms with Crippen LogP contribution in [0.2, 0.25) is 0 Å². The van der Waals surface area contributed by atoms with E-state index in [2.05, 4.69) is 15.3 Å². The fourth-order valence-electron chi connectivity index (χ4n) is 2.92. The number of anilines is 1. The highest BCUT2D eigenvalue weighted by Crippen LogP contribution is 2.38. The van der Waals surface area contributed by atoms with E-state index < -0.39 is 24.4 Å². The molecule has 1 aliphatic carbocycles. The Kier molecular flexibility index (Phi) is 3.47.